The highest BCUT2D eigenvalue weighted by molar-refractivity contribution is 8.01. The van der Waals surface area contributed by atoms with E-state index < -0.39 is 0 Å². The molecule has 2 aliphatic rings. The molecule has 0 bridgehead atoms. The van der Waals surface area contributed by atoms with Crippen molar-refractivity contribution in [2.45, 2.75) is 19.6 Å². The molecule has 4 aromatic rings. The van der Waals surface area contributed by atoms with Gasteiger partial charge in [-0.05, 0) is 34.4 Å². The second-order valence-corrected chi connectivity index (χ2v) is 8.69. The first kappa shape index (κ1) is 14.1. The summed E-state index contributed by atoms with van der Waals surface area (Å²) in [6.07, 6.45) is 0. The molecule has 3 heteroatoms. The maximum Gasteiger partial charge on any atom is 0.247 e. The Morgan fingerprint density at radius 2 is 1.24 bits per heavy atom. The van der Waals surface area contributed by atoms with E-state index in [1.165, 1.54) is 46.7 Å². The molecular weight excluding hydrogens is 339 g/mol. The summed E-state index contributed by atoms with van der Waals surface area (Å²) in [7, 11) is 0. The van der Waals surface area contributed by atoms with E-state index in [0.29, 0.717) is 6.71 Å². The van der Waals surface area contributed by atoms with E-state index in [1.54, 1.807) is 0 Å². The highest BCUT2D eigenvalue weighted by Gasteiger charge is 2.38. The molecule has 2 heterocycles. The molecule has 0 spiro atoms. The van der Waals surface area contributed by atoms with Crippen LogP contribution in [0.4, 0.5) is 0 Å². The lowest BCUT2D eigenvalue weighted by Gasteiger charge is -2.33. The van der Waals surface area contributed by atoms with E-state index in [9.17, 15) is 0 Å². The largest absolute Gasteiger partial charge is 0.247 e. The van der Waals surface area contributed by atoms with Gasteiger partial charge in [0, 0.05) is 19.6 Å². The first-order chi connectivity index (χ1) is 12.4. The molecule has 0 amide bonds. The van der Waals surface area contributed by atoms with Crippen LogP contribution in [0.15, 0.2) is 98.4 Å². The van der Waals surface area contributed by atoms with Crippen molar-refractivity contribution in [3.8, 4) is 0 Å². The summed E-state index contributed by atoms with van der Waals surface area (Å²) in [5.74, 6) is 0. The van der Waals surface area contributed by atoms with Crippen LogP contribution >= 0.6 is 23.5 Å². The second-order valence-electron chi connectivity index (χ2n) is 6.55. The molecule has 116 valence electrons. The third-order valence-electron chi connectivity index (χ3n) is 5.18. The Morgan fingerprint density at radius 1 is 0.600 bits per heavy atom. The molecule has 0 N–H and O–H groups in total. The quantitative estimate of drug-likeness (QED) is 0.374. The van der Waals surface area contributed by atoms with E-state index in [4.69, 9.17) is 0 Å². The number of benzene rings is 4. The Hall–Kier alpha value is -2.10. The smallest absolute Gasteiger partial charge is 0.0911 e. The minimum absolute atomic E-state index is 0.351. The van der Waals surface area contributed by atoms with Gasteiger partial charge in [-0.25, -0.2) is 0 Å². The summed E-state index contributed by atoms with van der Waals surface area (Å²) in [6, 6.07) is 29.0. The maximum atomic E-state index is 2.39. The Kier molecular flexibility index (Phi) is 2.94. The van der Waals surface area contributed by atoms with Gasteiger partial charge < -0.3 is 0 Å². The van der Waals surface area contributed by atoms with Gasteiger partial charge in [0.25, 0.3) is 0 Å². The van der Waals surface area contributed by atoms with Gasteiger partial charge in [0.1, 0.15) is 0 Å². The fourth-order valence-corrected chi connectivity index (χ4v) is 6.68. The molecule has 4 aromatic carbocycles. The Bertz CT molecular complexity index is 1150. The van der Waals surface area contributed by atoms with Crippen molar-refractivity contribution in [3.63, 3.8) is 0 Å². The van der Waals surface area contributed by atoms with Crippen LogP contribution in [0, 0.1) is 0 Å². The van der Waals surface area contributed by atoms with Crippen LogP contribution in [0.25, 0.3) is 10.8 Å². The Labute approximate surface area is 155 Å². The lowest BCUT2D eigenvalue weighted by atomic mass is 9.36. The van der Waals surface area contributed by atoms with Crippen molar-refractivity contribution in [2.75, 3.05) is 0 Å². The lowest BCUT2D eigenvalue weighted by Crippen LogP contribution is -2.58. The highest BCUT2D eigenvalue weighted by Crippen LogP contribution is 2.41. The van der Waals surface area contributed by atoms with Crippen molar-refractivity contribution in [1.82, 2.24) is 0 Å². The predicted octanol–water partition coefficient (Wildman–Crippen LogP) is 4.29. The minimum atomic E-state index is 0.351. The number of hydrogen-bond acceptors (Lipinski definition) is 2. The van der Waals surface area contributed by atoms with E-state index in [-0.39, 0.29) is 0 Å². The van der Waals surface area contributed by atoms with Gasteiger partial charge in [0.2, 0.25) is 6.71 Å². The monoisotopic (exact) mass is 352 g/mol. The molecule has 0 aromatic heterocycles. The molecule has 0 aliphatic carbocycles. The van der Waals surface area contributed by atoms with Crippen molar-refractivity contribution in [1.29, 1.82) is 0 Å². The van der Waals surface area contributed by atoms with Crippen LogP contribution < -0.4 is 16.4 Å². The van der Waals surface area contributed by atoms with Gasteiger partial charge in [-0.3, -0.25) is 0 Å². The van der Waals surface area contributed by atoms with Gasteiger partial charge in [-0.15, -0.1) is 0 Å². The first-order valence-electron chi connectivity index (χ1n) is 8.49. The van der Waals surface area contributed by atoms with Crippen molar-refractivity contribution in [2.24, 2.45) is 0 Å². The normalized spacial score (nSPS) is 14.0. The number of rotatable bonds is 0. The molecule has 0 unspecified atom stereocenters. The molecule has 2 aliphatic heterocycles. The van der Waals surface area contributed by atoms with E-state index in [1.807, 2.05) is 23.5 Å². The molecule has 6 rings (SSSR count). The van der Waals surface area contributed by atoms with Crippen molar-refractivity contribution >= 4 is 57.4 Å². The molecule has 0 saturated heterocycles. The van der Waals surface area contributed by atoms with Gasteiger partial charge in [-0.2, -0.15) is 0 Å². The lowest BCUT2D eigenvalue weighted by molar-refractivity contribution is 1.37. The highest BCUT2D eigenvalue weighted by atomic mass is 32.2. The minimum Gasteiger partial charge on any atom is -0.0911 e. The zero-order chi connectivity index (χ0) is 16.4. The molecule has 0 saturated carbocycles. The molecular formula is C22H13BS2. The molecule has 25 heavy (non-hydrogen) atoms. The van der Waals surface area contributed by atoms with E-state index in [2.05, 4.69) is 78.9 Å². The van der Waals surface area contributed by atoms with Crippen LogP contribution in [-0.2, 0) is 0 Å². The topological polar surface area (TPSA) is 0 Å². The Morgan fingerprint density at radius 3 is 2.04 bits per heavy atom. The first-order valence-corrected chi connectivity index (χ1v) is 10.1. The third kappa shape index (κ3) is 1.94. The van der Waals surface area contributed by atoms with E-state index in [0.717, 1.165) is 0 Å². The molecule has 0 nitrogen and oxygen atoms in total. The van der Waals surface area contributed by atoms with Crippen LogP contribution in [0.2, 0.25) is 0 Å². The number of hydrogen-bond donors (Lipinski definition) is 0. The van der Waals surface area contributed by atoms with Gasteiger partial charge in [-0.1, -0.05) is 95.1 Å². The van der Waals surface area contributed by atoms with Crippen molar-refractivity contribution in [3.05, 3.63) is 78.9 Å². The summed E-state index contributed by atoms with van der Waals surface area (Å²) < 4.78 is 0. The standard InChI is InChI=1S/C22H13BS2/c1-2-8-15-14(7-1)13-20-21-22(15)25-19-12-6-4-10-17(19)23(21)16-9-3-5-11-18(16)24-20/h1-13H. The zero-order valence-electron chi connectivity index (χ0n) is 13.4. The predicted molar refractivity (Wildman–Crippen MR) is 110 cm³/mol. The van der Waals surface area contributed by atoms with Gasteiger partial charge >= 0.3 is 0 Å². The SMILES string of the molecule is c1ccc2c(c1)Sc1cc3ccccc3c3c1B2c1ccccc1S3. The summed E-state index contributed by atoms with van der Waals surface area (Å²) in [5, 5.41) is 2.72. The van der Waals surface area contributed by atoms with E-state index >= 15 is 0 Å². The average Bonchev–Trinajstić information content (AvgIpc) is 2.67. The molecule has 0 fully saturated rings. The van der Waals surface area contributed by atoms with Crippen LogP contribution in [0.3, 0.4) is 0 Å². The molecule has 0 atom stereocenters. The second kappa shape index (κ2) is 5.20. The van der Waals surface area contributed by atoms with Crippen LogP contribution in [-0.4, -0.2) is 6.71 Å². The van der Waals surface area contributed by atoms with Gasteiger partial charge in [0.05, 0.1) is 0 Å². The summed E-state index contributed by atoms with van der Waals surface area (Å²) in [6.45, 7) is 0.351. The summed E-state index contributed by atoms with van der Waals surface area (Å²) in [5.41, 5.74) is 4.40. The number of fused-ring (bicyclic) bond motifs is 6. The van der Waals surface area contributed by atoms with Crippen molar-refractivity contribution < 1.29 is 0 Å². The maximum absolute atomic E-state index is 2.39. The van der Waals surface area contributed by atoms with Crippen LogP contribution in [0.5, 0.6) is 0 Å². The average molecular weight is 352 g/mol. The molecule has 0 radical (unpaired) electrons. The fourth-order valence-electron chi connectivity index (χ4n) is 4.10. The summed E-state index contributed by atoms with van der Waals surface area (Å²) in [4.78, 5) is 5.64. The fraction of sp³-hybridized carbons (Fsp3) is 0. The zero-order valence-corrected chi connectivity index (χ0v) is 15.0. The summed E-state index contributed by atoms with van der Waals surface area (Å²) >= 11 is 3.87. The van der Waals surface area contributed by atoms with Gasteiger partial charge in [0.15, 0.2) is 0 Å². The Balaban J connectivity index is 1.77. The third-order valence-corrected chi connectivity index (χ3v) is 7.57. The van der Waals surface area contributed by atoms with Crippen LogP contribution in [0.1, 0.15) is 0 Å².